The lowest BCUT2D eigenvalue weighted by Crippen LogP contribution is -2.22. The highest BCUT2D eigenvalue weighted by Crippen LogP contribution is 2.23. The van der Waals surface area contributed by atoms with Gasteiger partial charge in [0.1, 0.15) is 18.0 Å². The van der Waals surface area contributed by atoms with Crippen LogP contribution in [0.4, 0.5) is 22.1 Å². The van der Waals surface area contributed by atoms with E-state index in [0.29, 0.717) is 21.6 Å². The van der Waals surface area contributed by atoms with E-state index in [1.54, 1.807) is 24.3 Å². The highest BCUT2D eigenvalue weighted by Gasteiger charge is 2.14. The van der Waals surface area contributed by atoms with E-state index in [1.165, 1.54) is 6.33 Å². The zero-order valence-electron chi connectivity index (χ0n) is 12.2. The van der Waals surface area contributed by atoms with Crippen molar-refractivity contribution in [3.63, 3.8) is 0 Å². The van der Waals surface area contributed by atoms with E-state index in [2.05, 4.69) is 25.5 Å². The average Bonchev–Trinajstić information content (AvgIpc) is 3.00. The first-order chi connectivity index (χ1) is 11.1. The van der Waals surface area contributed by atoms with Gasteiger partial charge in [-0.15, -0.1) is 0 Å². The van der Waals surface area contributed by atoms with E-state index in [0.717, 1.165) is 31.7 Å². The van der Waals surface area contributed by atoms with Crippen LogP contribution in [0.2, 0.25) is 10.0 Å². The van der Waals surface area contributed by atoms with E-state index in [9.17, 15) is 4.79 Å². The van der Waals surface area contributed by atoms with Crippen molar-refractivity contribution in [2.45, 2.75) is 12.8 Å². The number of nitrogens with one attached hydrogen (secondary N) is 2. The van der Waals surface area contributed by atoms with Gasteiger partial charge in [-0.3, -0.25) is 5.32 Å². The fourth-order valence-corrected chi connectivity index (χ4v) is 2.97. The van der Waals surface area contributed by atoms with E-state index >= 15 is 0 Å². The maximum atomic E-state index is 12.1. The number of carbonyl (C=O) groups excluding carboxylic acids is 1. The molecular weight excluding hydrogens is 337 g/mol. The van der Waals surface area contributed by atoms with Crippen molar-refractivity contribution in [3.05, 3.63) is 40.6 Å². The predicted octanol–water partition coefficient (Wildman–Crippen LogP) is 4.03. The summed E-state index contributed by atoms with van der Waals surface area (Å²) in [4.78, 5) is 22.5. The summed E-state index contributed by atoms with van der Waals surface area (Å²) < 4.78 is 0. The van der Waals surface area contributed by atoms with Crippen LogP contribution in [0.15, 0.2) is 30.6 Å². The zero-order valence-corrected chi connectivity index (χ0v) is 13.7. The van der Waals surface area contributed by atoms with Gasteiger partial charge in [-0.2, -0.15) is 0 Å². The van der Waals surface area contributed by atoms with Crippen molar-refractivity contribution >= 4 is 46.6 Å². The van der Waals surface area contributed by atoms with Gasteiger partial charge in [0.2, 0.25) is 0 Å². The fourth-order valence-electron chi connectivity index (χ4n) is 2.44. The van der Waals surface area contributed by atoms with Crippen molar-refractivity contribution in [2.75, 3.05) is 28.6 Å². The SMILES string of the molecule is O=C(Nc1cc(Cl)cc(Cl)c1)Nc1cc(N2CCCC2)ncn1. The fraction of sp³-hybridized carbons (Fsp3) is 0.267. The van der Waals surface area contributed by atoms with Crippen molar-refractivity contribution in [1.29, 1.82) is 0 Å². The molecule has 3 rings (SSSR count). The van der Waals surface area contributed by atoms with Crippen LogP contribution in [0.5, 0.6) is 0 Å². The standard InChI is InChI=1S/C15H15Cl2N5O/c16-10-5-11(17)7-12(6-10)20-15(23)21-13-8-14(19-9-18-13)22-3-1-2-4-22/h5-9H,1-4H2,(H2,18,19,20,21,23). The van der Waals surface area contributed by atoms with Gasteiger partial charge in [-0.05, 0) is 31.0 Å². The van der Waals surface area contributed by atoms with E-state index < -0.39 is 6.03 Å². The molecular formula is C15H15Cl2N5O. The van der Waals surface area contributed by atoms with E-state index in [4.69, 9.17) is 23.2 Å². The number of urea groups is 1. The maximum absolute atomic E-state index is 12.1. The quantitative estimate of drug-likeness (QED) is 0.875. The minimum Gasteiger partial charge on any atom is -0.356 e. The number of aromatic nitrogens is 2. The van der Waals surface area contributed by atoms with Crippen LogP contribution in [0.1, 0.15) is 12.8 Å². The van der Waals surface area contributed by atoms with Crippen LogP contribution in [0.25, 0.3) is 0 Å². The molecule has 1 saturated heterocycles. The number of anilines is 3. The molecule has 1 aliphatic rings. The topological polar surface area (TPSA) is 70.2 Å². The van der Waals surface area contributed by atoms with Crippen molar-refractivity contribution in [2.24, 2.45) is 0 Å². The molecule has 2 N–H and O–H groups in total. The number of hydrogen-bond acceptors (Lipinski definition) is 4. The Balaban J connectivity index is 1.66. The largest absolute Gasteiger partial charge is 0.356 e. The molecule has 23 heavy (non-hydrogen) atoms. The van der Waals surface area contributed by atoms with Crippen LogP contribution in [-0.4, -0.2) is 29.1 Å². The number of amides is 2. The Bertz CT molecular complexity index is 699. The lowest BCUT2D eigenvalue weighted by molar-refractivity contribution is 0.262. The molecule has 1 aromatic heterocycles. The molecule has 0 radical (unpaired) electrons. The van der Waals surface area contributed by atoms with Gasteiger partial charge in [0, 0.05) is 34.9 Å². The summed E-state index contributed by atoms with van der Waals surface area (Å²) in [5.74, 6) is 1.26. The monoisotopic (exact) mass is 351 g/mol. The Hall–Kier alpha value is -2.05. The van der Waals surface area contributed by atoms with Crippen LogP contribution in [0, 0.1) is 0 Å². The minimum absolute atomic E-state index is 0.422. The molecule has 0 spiro atoms. The molecule has 0 atom stereocenters. The minimum atomic E-state index is -0.422. The summed E-state index contributed by atoms with van der Waals surface area (Å²) in [5, 5.41) is 6.25. The molecule has 0 aliphatic carbocycles. The summed E-state index contributed by atoms with van der Waals surface area (Å²) in [6.45, 7) is 1.95. The van der Waals surface area contributed by atoms with Gasteiger partial charge in [0.05, 0.1) is 0 Å². The lowest BCUT2D eigenvalue weighted by Gasteiger charge is -2.16. The Morgan fingerprint density at radius 1 is 1.00 bits per heavy atom. The molecule has 2 heterocycles. The lowest BCUT2D eigenvalue weighted by atomic mass is 10.3. The molecule has 8 heteroatoms. The van der Waals surface area contributed by atoms with Gasteiger partial charge >= 0.3 is 6.03 Å². The van der Waals surface area contributed by atoms with Crippen molar-refractivity contribution in [1.82, 2.24) is 9.97 Å². The third-order valence-electron chi connectivity index (χ3n) is 3.44. The van der Waals surface area contributed by atoms with Crippen LogP contribution in [0.3, 0.4) is 0 Å². The normalized spacial score (nSPS) is 13.9. The Labute approximate surface area is 143 Å². The summed E-state index contributed by atoms with van der Waals surface area (Å²) >= 11 is 11.8. The third kappa shape index (κ3) is 4.24. The smallest absolute Gasteiger partial charge is 0.324 e. The first-order valence-corrected chi connectivity index (χ1v) is 7.97. The molecule has 1 aliphatic heterocycles. The maximum Gasteiger partial charge on any atom is 0.324 e. The summed E-state index contributed by atoms with van der Waals surface area (Å²) in [5.41, 5.74) is 0.508. The second kappa shape index (κ2) is 7.02. The van der Waals surface area contributed by atoms with E-state index in [1.807, 2.05) is 0 Å². The van der Waals surface area contributed by atoms with Crippen molar-refractivity contribution in [3.8, 4) is 0 Å². The molecule has 0 saturated carbocycles. The van der Waals surface area contributed by atoms with Gasteiger partial charge in [-0.25, -0.2) is 14.8 Å². The Morgan fingerprint density at radius 3 is 2.39 bits per heavy atom. The molecule has 0 unspecified atom stereocenters. The Kier molecular flexibility index (Phi) is 4.83. The first-order valence-electron chi connectivity index (χ1n) is 7.21. The first kappa shape index (κ1) is 15.8. The highest BCUT2D eigenvalue weighted by molar-refractivity contribution is 6.35. The van der Waals surface area contributed by atoms with Crippen LogP contribution >= 0.6 is 23.2 Å². The Morgan fingerprint density at radius 2 is 1.70 bits per heavy atom. The van der Waals surface area contributed by atoms with E-state index in [-0.39, 0.29) is 0 Å². The zero-order chi connectivity index (χ0) is 16.2. The summed E-state index contributed by atoms with van der Waals surface area (Å²) in [6, 6.07) is 6.16. The molecule has 120 valence electrons. The second-order valence-corrected chi connectivity index (χ2v) is 6.07. The van der Waals surface area contributed by atoms with Crippen LogP contribution < -0.4 is 15.5 Å². The second-order valence-electron chi connectivity index (χ2n) is 5.19. The average molecular weight is 352 g/mol. The molecule has 2 amide bonds. The molecule has 1 fully saturated rings. The van der Waals surface area contributed by atoms with Crippen molar-refractivity contribution < 1.29 is 4.79 Å². The van der Waals surface area contributed by atoms with Gasteiger partial charge in [0.15, 0.2) is 0 Å². The number of benzene rings is 1. The summed E-state index contributed by atoms with van der Waals surface area (Å²) in [6.07, 6.45) is 3.76. The highest BCUT2D eigenvalue weighted by atomic mass is 35.5. The molecule has 0 bridgehead atoms. The number of nitrogens with zero attached hydrogens (tertiary/aromatic N) is 3. The molecule has 1 aromatic carbocycles. The van der Waals surface area contributed by atoms with Gasteiger partial charge in [-0.1, -0.05) is 23.2 Å². The number of carbonyl (C=O) groups is 1. The number of hydrogen-bond donors (Lipinski definition) is 2. The molecule has 2 aromatic rings. The number of rotatable bonds is 3. The molecule has 6 nitrogen and oxygen atoms in total. The van der Waals surface area contributed by atoms with Crippen LogP contribution in [-0.2, 0) is 0 Å². The number of halogens is 2. The third-order valence-corrected chi connectivity index (χ3v) is 3.88. The van der Waals surface area contributed by atoms with Gasteiger partial charge in [0.25, 0.3) is 0 Å². The predicted molar refractivity (Wildman–Crippen MR) is 92.6 cm³/mol. The summed E-state index contributed by atoms with van der Waals surface area (Å²) in [7, 11) is 0. The van der Waals surface area contributed by atoms with Gasteiger partial charge < -0.3 is 10.2 Å².